The van der Waals surface area contributed by atoms with Crippen molar-refractivity contribution in [2.24, 2.45) is 5.92 Å². The molecule has 2 aromatic rings. The third kappa shape index (κ3) is 2.47. The lowest BCUT2D eigenvalue weighted by Gasteiger charge is -2.36. The summed E-state index contributed by atoms with van der Waals surface area (Å²) in [5.41, 5.74) is 1.99. The zero-order chi connectivity index (χ0) is 19.2. The Morgan fingerprint density at radius 3 is 2.74 bits per heavy atom. The maximum Gasteiger partial charge on any atom is 0.207 e. The van der Waals surface area contributed by atoms with Crippen LogP contribution in [0.15, 0.2) is 59.8 Å². The zero-order valence-electron chi connectivity index (χ0n) is 15.4. The quantitative estimate of drug-likeness (QED) is 0.840. The summed E-state index contributed by atoms with van der Waals surface area (Å²) in [6.45, 7) is 1.82. The van der Waals surface area contributed by atoms with Crippen LogP contribution in [0.1, 0.15) is 36.1 Å². The lowest BCUT2D eigenvalue weighted by Crippen LogP contribution is -2.41. The predicted octanol–water partition coefficient (Wildman–Crippen LogP) is 3.79. The average molecular weight is 386 g/mol. The first-order chi connectivity index (χ1) is 12.9. The number of H-pyrrole nitrogens is 1. The minimum atomic E-state index is -3.92. The lowest BCUT2D eigenvalue weighted by atomic mass is 9.83. The maximum atomic E-state index is 14.8. The third-order valence-corrected chi connectivity index (χ3v) is 8.45. The molecule has 0 spiro atoms. The van der Waals surface area contributed by atoms with Crippen molar-refractivity contribution < 1.29 is 12.8 Å². The molecule has 0 saturated carbocycles. The standard InChI is InChI=1S/C21H23FN2O2S/c1-14-7-5-6-12-21(14,17-8-3-4-9-18(17)22)27(25,26)20-15-10-11-19(23-2)16(15)13-24-20/h3-9,12-14,19,23-24H,10-11H2,1-2H3. The highest BCUT2D eigenvalue weighted by Gasteiger charge is 2.51. The second kappa shape index (κ2) is 6.46. The van der Waals surface area contributed by atoms with Gasteiger partial charge in [0.1, 0.15) is 15.6 Å². The Hall–Kier alpha value is -2.18. The molecule has 6 heteroatoms. The lowest BCUT2D eigenvalue weighted by molar-refractivity contribution is 0.478. The van der Waals surface area contributed by atoms with Crippen molar-refractivity contribution in [3.05, 3.63) is 77.3 Å². The molecule has 0 bridgehead atoms. The molecule has 3 atom stereocenters. The fraction of sp³-hybridized carbons (Fsp3) is 0.333. The van der Waals surface area contributed by atoms with Crippen LogP contribution in [0.2, 0.25) is 0 Å². The zero-order valence-corrected chi connectivity index (χ0v) is 16.2. The van der Waals surface area contributed by atoms with Gasteiger partial charge in [-0.1, -0.05) is 49.4 Å². The van der Waals surface area contributed by atoms with E-state index in [0.29, 0.717) is 6.42 Å². The first kappa shape index (κ1) is 18.2. The smallest absolute Gasteiger partial charge is 0.207 e. The topological polar surface area (TPSA) is 62.0 Å². The molecule has 0 aliphatic heterocycles. The number of hydrogen-bond acceptors (Lipinski definition) is 3. The molecule has 0 saturated heterocycles. The van der Waals surface area contributed by atoms with Gasteiger partial charge in [0.25, 0.3) is 0 Å². The largest absolute Gasteiger partial charge is 0.352 e. The van der Waals surface area contributed by atoms with E-state index in [1.54, 1.807) is 36.5 Å². The molecule has 1 aromatic heterocycles. The van der Waals surface area contributed by atoms with Crippen molar-refractivity contribution in [2.45, 2.75) is 35.6 Å². The van der Waals surface area contributed by atoms with Crippen LogP contribution in [0.25, 0.3) is 0 Å². The van der Waals surface area contributed by atoms with Gasteiger partial charge < -0.3 is 10.3 Å². The molecular formula is C21H23FN2O2S. The fourth-order valence-corrected chi connectivity index (χ4v) is 6.86. The van der Waals surface area contributed by atoms with Crippen molar-refractivity contribution in [2.75, 3.05) is 7.05 Å². The Labute approximate surface area is 159 Å². The highest BCUT2D eigenvalue weighted by atomic mass is 32.2. The molecule has 142 valence electrons. The van der Waals surface area contributed by atoms with Crippen LogP contribution >= 0.6 is 0 Å². The van der Waals surface area contributed by atoms with Crippen LogP contribution in [0, 0.1) is 11.7 Å². The van der Waals surface area contributed by atoms with Gasteiger partial charge in [0.15, 0.2) is 0 Å². The van der Waals surface area contributed by atoms with Crippen LogP contribution < -0.4 is 5.32 Å². The van der Waals surface area contributed by atoms with Crippen molar-refractivity contribution in [1.82, 2.24) is 10.3 Å². The Balaban J connectivity index is 1.96. The highest BCUT2D eigenvalue weighted by Crippen LogP contribution is 2.48. The van der Waals surface area contributed by atoms with Crippen molar-refractivity contribution in [1.29, 1.82) is 0 Å². The van der Waals surface area contributed by atoms with Gasteiger partial charge in [-0.2, -0.15) is 0 Å². The number of rotatable bonds is 4. The maximum absolute atomic E-state index is 14.8. The number of sulfone groups is 1. The summed E-state index contributed by atoms with van der Waals surface area (Å²) in [4.78, 5) is 3.00. The number of hydrogen-bond donors (Lipinski definition) is 2. The van der Waals surface area contributed by atoms with Gasteiger partial charge in [0.2, 0.25) is 9.84 Å². The summed E-state index contributed by atoms with van der Waals surface area (Å²) in [6, 6.07) is 6.30. The Kier molecular flexibility index (Phi) is 4.35. The van der Waals surface area contributed by atoms with Gasteiger partial charge in [0, 0.05) is 23.7 Å². The molecule has 0 radical (unpaired) electrons. The van der Waals surface area contributed by atoms with Crippen LogP contribution in [-0.4, -0.2) is 20.4 Å². The minimum Gasteiger partial charge on any atom is -0.352 e. The van der Waals surface area contributed by atoms with E-state index < -0.39 is 26.3 Å². The molecular weight excluding hydrogens is 363 g/mol. The number of nitrogens with one attached hydrogen (secondary N) is 2. The summed E-state index contributed by atoms with van der Waals surface area (Å²) in [5.74, 6) is -0.922. The van der Waals surface area contributed by atoms with Gasteiger partial charge in [0.05, 0.1) is 0 Å². The second-order valence-electron chi connectivity index (χ2n) is 7.24. The van der Waals surface area contributed by atoms with E-state index in [2.05, 4.69) is 10.3 Å². The van der Waals surface area contributed by atoms with Gasteiger partial charge >= 0.3 is 0 Å². The number of benzene rings is 1. The van der Waals surface area contributed by atoms with Gasteiger partial charge in [-0.15, -0.1) is 0 Å². The Bertz CT molecular complexity index is 1040. The molecule has 4 rings (SSSR count). The van der Waals surface area contributed by atoms with E-state index in [9.17, 15) is 12.8 Å². The van der Waals surface area contributed by atoms with Gasteiger partial charge in [-0.3, -0.25) is 0 Å². The first-order valence-corrected chi connectivity index (χ1v) is 10.6. The minimum absolute atomic E-state index is 0.142. The van der Waals surface area contributed by atoms with Crippen LogP contribution in [-0.2, 0) is 21.0 Å². The molecule has 2 aliphatic carbocycles. The predicted molar refractivity (Wildman–Crippen MR) is 104 cm³/mol. The number of aromatic amines is 1. The second-order valence-corrected chi connectivity index (χ2v) is 9.33. The van der Waals surface area contributed by atoms with Crippen molar-refractivity contribution >= 4 is 9.84 Å². The molecule has 1 heterocycles. The monoisotopic (exact) mass is 386 g/mol. The van der Waals surface area contributed by atoms with Crippen molar-refractivity contribution in [3.8, 4) is 0 Å². The summed E-state index contributed by atoms with van der Waals surface area (Å²) < 4.78 is 41.3. The third-order valence-electron chi connectivity index (χ3n) is 5.93. The molecule has 4 nitrogen and oxygen atoms in total. The van der Waals surface area contributed by atoms with E-state index in [4.69, 9.17) is 0 Å². The SMILES string of the molecule is CNC1CCc2c1c[nH]c2S(=O)(=O)C1(c2ccccc2F)C=CC=CC1C. The summed E-state index contributed by atoms with van der Waals surface area (Å²) in [5, 5.41) is 3.44. The summed E-state index contributed by atoms with van der Waals surface area (Å²) in [7, 11) is -2.05. The van der Waals surface area contributed by atoms with E-state index in [0.717, 1.165) is 17.5 Å². The molecule has 0 fully saturated rings. The highest BCUT2D eigenvalue weighted by molar-refractivity contribution is 7.92. The number of allylic oxidation sites excluding steroid dienone is 3. The molecule has 2 N–H and O–H groups in total. The molecule has 1 aromatic carbocycles. The van der Waals surface area contributed by atoms with E-state index in [-0.39, 0.29) is 16.6 Å². The Morgan fingerprint density at radius 1 is 1.26 bits per heavy atom. The number of fused-ring (bicyclic) bond motifs is 1. The summed E-state index contributed by atoms with van der Waals surface area (Å²) in [6.07, 6.45) is 10.3. The van der Waals surface area contributed by atoms with E-state index in [1.807, 2.05) is 26.1 Å². The molecule has 2 aliphatic rings. The summed E-state index contributed by atoms with van der Waals surface area (Å²) >= 11 is 0. The number of aromatic nitrogens is 1. The average Bonchev–Trinajstić information content (AvgIpc) is 3.24. The number of halogens is 1. The normalized spacial score (nSPS) is 27.1. The van der Waals surface area contributed by atoms with Crippen LogP contribution in [0.5, 0.6) is 0 Å². The van der Waals surface area contributed by atoms with Crippen LogP contribution in [0.4, 0.5) is 4.39 Å². The Morgan fingerprint density at radius 2 is 2.04 bits per heavy atom. The van der Waals surface area contributed by atoms with Gasteiger partial charge in [-0.05, 0) is 37.1 Å². The first-order valence-electron chi connectivity index (χ1n) is 9.16. The molecule has 0 amide bonds. The molecule has 3 unspecified atom stereocenters. The van der Waals surface area contributed by atoms with Crippen molar-refractivity contribution in [3.63, 3.8) is 0 Å². The van der Waals surface area contributed by atoms with E-state index >= 15 is 0 Å². The fourth-order valence-electron chi connectivity index (χ4n) is 4.49. The van der Waals surface area contributed by atoms with E-state index in [1.165, 1.54) is 6.07 Å². The van der Waals surface area contributed by atoms with Crippen LogP contribution in [0.3, 0.4) is 0 Å². The van der Waals surface area contributed by atoms with Gasteiger partial charge in [-0.25, -0.2) is 12.8 Å². The molecule has 27 heavy (non-hydrogen) atoms.